The highest BCUT2D eigenvalue weighted by atomic mass is 16.5. The molecule has 0 aliphatic carbocycles. The molecule has 2 heteroatoms. The van der Waals surface area contributed by atoms with Crippen LogP contribution in [-0.2, 0) is 9.53 Å². The number of unbranched alkanes of at least 4 members (excludes halogenated alkanes) is 6. The topological polar surface area (TPSA) is 26.3 Å². The molecule has 0 fully saturated rings. The first-order chi connectivity index (χ1) is 9.65. The maximum atomic E-state index is 12.2. The average Bonchev–Trinajstić information content (AvgIpc) is 2.45. The van der Waals surface area contributed by atoms with Crippen molar-refractivity contribution >= 4 is 5.97 Å². The molecule has 0 aliphatic rings. The molecular weight excluding hydrogens is 248 g/mol. The normalized spacial score (nSPS) is 14.0. The summed E-state index contributed by atoms with van der Waals surface area (Å²) in [5.41, 5.74) is 0. The predicted octanol–water partition coefficient (Wildman–Crippen LogP) is 5.89. The Kier molecular flexibility index (Phi) is 13.1. The summed E-state index contributed by atoms with van der Waals surface area (Å²) in [6.45, 7) is 8.49. The highest BCUT2D eigenvalue weighted by molar-refractivity contribution is 5.72. The molecule has 0 bridgehead atoms. The maximum absolute atomic E-state index is 12.2. The van der Waals surface area contributed by atoms with E-state index >= 15 is 0 Å². The Bertz CT molecular complexity index is 225. The third-order valence-electron chi connectivity index (χ3n) is 4.04. The zero-order chi connectivity index (χ0) is 15.2. The van der Waals surface area contributed by atoms with E-state index in [0.717, 1.165) is 25.7 Å². The van der Waals surface area contributed by atoms with Crippen LogP contribution in [0.5, 0.6) is 0 Å². The van der Waals surface area contributed by atoms with Gasteiger partial charge in [-0.05, 0) is 26.2 Å². The SMILES string of the molecule is CCCCCCCC(CCCCC)C(=O)OC(C)CC. The Morgan fingerprint density at radius 1 is 0.850 bits per heavy atom. The van der Waals surface area contributed by atoms with Crippen molar-refractivity contribution in [3.8, 4) is 0 Å². The zero-order valence-electron chi connectivity index (χ0n) is 14.2. The summed E-state index contributed by atoms with van der Waals surface area (Å²) in [6, 6.07) is 0. The molecule has 0 aromatic heterocycles. The van der Waals surface area contributed by atoms with Crippen LogP contribution >= 0.6 is 0 Å². The third-order valence-corrected chi connectivity index (χ3v) is 4.04. The van der Waals surface area contributed by atoms with Gasteiger partial charge in [-0.3, -0.25) is 4.79 Å². The van der Waals surface area contributed by atoms with Gasteiger partial charge in [0, 0.05) is 0 Å². The minimum absolute atomic E-state index is 0.0472. The molecule has 0 aromatic carbocycles. The van der Waals surface area contributed by atoms with Crippen LogP contribution in [0.15, 0.2) is 0 Å². The standard InChI is InChI=1S/C18H36O2/c1-5-8-10-11-13-15-17(14-12-9-6-2)18(19)20-16(4)7-3/h16-17H,5-15H2,1-4H3. The van der Waals surface area contributed by atoms with Crippen molar-refractivity contribution in [2.45, 2.75) is 104 Å². The van der Waals surface area contributed by atoms with Gasteiger partial charge in [-0.25, -0.2) is 0 Å². The lowest BCUT2D eigenvalue weighted by Gasteiger charge is -2.19. The molecule has 120 valence electrons. The fourth-order valence-electron chi connectivity index (χ4n) is 2.39. The molecule has 0 spiro atoms. The number of hydrogen-bond acceptors (Lipinski definition) is 2. The average molecular weight is 284 g/mol. The van der Waals surface area contributed by atoms with Gasteiger partial charge < -0.3 is 4.74 Å². The van der Waals surface area contributed by atoms with E-state index in [2.05, 4.69) is 20.8 Å². The summed E-state index contributed by atoms with van der Waals surface area (Å²) >= 11 is 0. The van der Waals surface area contributed by atoms with Crippen LogP contribution in [-0.4, -0.2) is 12.1 Å². The molecule has 0 aromatic rings. The number of carbonyl (C=O) groups is 1. The summed E-state index contributed by atoms with van der Waals surface area (Å²) in [4.78, 5) is 12.2. The Hall–Kier alpha value is -0.530. The first-order valence-corrected chi connectivity index (χ1v) is 8.86. The first kappa shape index (κ1) is 19.5. The summed E-state index contributed by atoms with van der Waals surface area (Å²) in [5, 5.41) is 0. The second-order valence-corrected chi connectivity index (χ2v) is 6.05. The van der Waals surface area contributed by atoms with Gasteiger partial charge in [-0.1, -0.05) is 72.1 Å². The smallest absolute Gasteiger partial charge is 0.309 e. The second-order valence-electron chi connectivity index (χ2n) is 6.05. The van der Waals surface area contributed by atoms with E-state index in [1.807, 2.05) is 6.92 Å². The van der Waals surface area contributed by atoms with Crippen molar-refractivity contribution in [3.63, 3.8) is 0 Å². The van der Waals surface area contributed by atoms with Gasteiger partial charge in [-0.15, -0.1) is 0 Å². The Morgan fingerprint density at radius 2 is 1.35 bits per heavy atom. The van der Waals surface area contributed by atoms with Gasteiger partial charge in [0.1, 0.15) is 0 Å². The largest absolute Gasteiger partial charge is 0.462 e. The minimum atomic E-state index is 0.0472. The van der Waals surface area contributed by atoms with E-state index in [-0.39, 0.29) is 18.0 Å². The van der Waals surface area contributed by atoms with Crippen molar-refractivity contribution in [1.29, 1.82) is 0 Å². The molecule has 0 aliphatic heterocycles. The molecule has 0 amide bonds. The first-order valence-electron chi connectivity index (χ1n) is 8.86. The molecule has 0 saturated heterocycles. The molecule has 0 radical (unpaired) electrons. The Morgan fingerprint density at radius 3 is 1.90 bits per heavy atom. The van der Waals surface area contributed by atoms with Gasteiger partial charge in [0.15, 0.2) is 0 Å². The molecule has 2 atom stereocenters. The highest BCUT2D eigenvalue weighted by Gasteiger charge is 2.20. The maximum Gasteiger partial charge on any atom is 0.309 e. The molecule has 0 N–H and O–H groups in total. The van der Waals surface area contributed by atoms with Crippen molar-refractivity contribution in [1.82, 2.24) is 0 Å². The van der Waals surface area contributed by atoms with Crippen molar-refractivity contribution in [2.24, 2.45) is 5.92 Å². The Balaban J connectivity index is 4.07. The van der Waals surface area contributed by atoms with Crippen LogP contribution in [0.4, 0.5) is 0 Å². The number of carbonyl (C=O) groups excluding carboxylic acids is 1. The lowest BCUT2D eigenvalue weighted by atomic mass is 9.94. The highest BCUT2D eigenvalue weighted by Crippen LogP contribution is 2.20. The Labute approximate surface area is 126 Å². The number of ether oxygens (including phenoxy) is 1. The number of hydrogen-bond donors (Lipinski definition) is 0. The van der Waals surface area contributed by atoms with Gasteiger partial charge in [0.05, 0.1) is 12.0 Å². The molecule has 2 unspecified atom stereocenters. The summed E-state index contributed by atoms with van der Waals surface area (Å²) < 4.78 is 5.53. The summed E-state index contributed by atoms with van der Waals surface area (Å²) in [5.74, 6) is 0.183. The quantitative estimate of drug-likeness (QED) is 0.311. The number of esters is 1. The molecule has 0 saturated carbocycles. The van der Waals surface area contributed by atoms with E-state index in [9.17, 15) is 4.79 Å². The molecule has 20 heavy (non-hydrogen) atoms. The third kappa shape index (κ3) is 10.3. The van der Waals surface area contributed by atoms with Gasteiger partial charge in [-0.2, -0.15) is 0 Å². The van der Waals surface area contributed by atoms with Gasteiger partial charge >= 0.3 is 5.97 Å². The van der Waals surface area contributed by atoms with Crippen molar-refractivity contribution in [2.75, 3.05) is 0 Å². The van der Waals surface area contributed by atoms with Crippen molar-refractivity contribution < 1.29 is 9.53 Å². The molecule has 2 nitrogen and oxygen atoms in total. The van der Waals surface area contributed by atoms with E-state index < -0.39 is 0 Å². The van der Waals surface area contributed by atoms with Crippen LogP contribution in [0.2, 0.25) is 0 Å². The number of rotatable bonds is 13. The lowest BCUT2D eigenvalue weighted by Crippen LogP contribution is -2.22. The van der Waals surface area contributed by atoms with Crippen molar-refractivity contribution in [3.05, 3.63) is 0 Å². The molecular formula is C18H36O2. The summed E-state index contributed by atoms with van der Waals surface area (Å²) in [7, 11) is 0. The van der Waals surface area contributed by atoms with Crippen LogP contribution in [0.25, 0.3) is 0 Å². The van der Waals surface area contributed by atoms with E-state index in [4.69, 9.17) is 4.74 Å². The van der Waals surface area contributed by atoms with Crippen LogP contribution in [0.1, 0.15) is 98.3 Å². The predicted molar refractivity (Wildman–Crippen MR) is 86.9 cm³/mol. The minimum Gasteiger partial charge on any atom is -0.462 e. The van der Waals surface area contributed by atoms with Gasteiger partial charge in [0.25, 0.3) is 0 Å². The second kappa shape index (κ2) is 13.5. The van der Waals surface area contributed by atoms with Crippen LogP contribution < -0.4 is 0 Å². The zero-order valence-corrected chi connectivity index (χ0v) is 14.2. The van der Waals surface area contributed by atoms with E-state index in [1.165, 1.54) is 44.9 Å². The molecule has 0 heterocycles. The fourth-order valence-corrected chi connectivity index (χ4v) is 2.39. The van der Waals surface area contributed by atoms with E-state index in [1.54, 1.807) is 0 Å². The monoisotopic (exact) mass is 284 g/mol. The fraction of sp³-hybridized carbons (Fsp3) is 0.944. The van der Waals surface area contributed by atoms with Gasteiger partial charge in [0.2, 0.25) is 0 Å². The lowest BCUT2D eigenvalue weighted by molar-refractivity contribution is -0.154. The van der Waals surface area contributed by atoms with Crippen LogP contribution in [0, 0.1) is 5.92 Å². The van der Waals surface area contributed by atoms with E-state index in [0.29, 0.717) is 0 Å². The van der Waals surface area contributed by atoms with Crippen LogP contribution in [0.3, 0.4) is 0 Å². The summed E-state index contributed by atoms with van der Waals surface area (Å²) in [6.07, 6.45) is 12.9. The molecule has 0 rings (SSSR count).